The maximum absolute atomic E-state index is 11.4. The number of aryl methyl sites for hydroxylation is 2. The second-order valence-electron chi connectivity index (χ2n) is 3.91. The molecule has 0 fully saturated rings. The van der Waals surface area contributed by atoms with Crippen molar-refractivity contribution in [2.75, 3.05) is 5.88 Å². The highest BCUT2D eigenvalue weighted by Gasteiger charge is 2.07. The molecule has 17 heavy (non-hydrogen) atoms. The summed E-state index contributed by atoms with van der Waals surface area (Å²) in [4.78, 5) is 15.7. The zero-order chi connectivity index (χ0) is 12.4. The molecule has 3 nitrogen and oxygen atoms in total. The number of halogens is 1. The lowest BCUT2D eigenvalue weighted by atomic mass is 10.2. The molecular weight excluding hydrogens is 236 g/mol. The summed E-state index contributed by atoms with van der Waals surface area (Å²) >= 11 is 5.49. The van der Waals surface area contributed by atoms with Crippen LogP contribution >= 0.6 is 11.6 Å². The van der Waals surface area contributed by atoms with E-state index in [1.54, 1.807) is 12.3 Å². The van der Waals surface area contributed by atoms with Crippen molar-refractivity contribution >= 4 is 17.4 Å². The van der Waals surface area contributed by atoms with Gasteiger partial charge in [-0.25, -0.2) is 4.98 Å². The average molecular weight is 249 g/mol. The van der Waals surface area contributed by atoms with Gasteiger partial charge in [-0.15, -0.1) is 11.6 Å². The molecule has 0 saturated carbocycles. The third-order valence-corrected chi connectivity index (χ3v) is 2.93. The minimum absolute atomic E-state index is 0.0113. The molecule has 2 aromatic heterocycles. The van der Waals surface area contributed by atoms with Gasteiger partial charge in [-0.2, -0.15) is 0 Å². The number of pyridine rings is 1. The van der Waals surface area contributed by atoms with Crippen molar-refractivity contribution in [2.45, 2.75) is 13.8 Å². The molecule has 0 atom stereocenters. The Balaban J connectivity index is 2.39. The number of hydrogen-bond donors (Lipinski definition) is 0. The predicted molar refractivity (Wildman–Crippen MR) is 68.1 cm³/mol. The highest BCUT2D eigenvalue weighted by Crippen LogP contribution is 2.14. The normalized spacial score (nSPS) is 10.5. The lowest BCUT2D eigenvalue weighted by Crippen LogP contribution is -2.05. The van der Waals surface area contributed by atoms with E-state index in [1.165, 1.54) is 0 Å². The summed E-state index contributed by atoms with van der Waals surface area (Å²) in [5.41, 5.74) is 2.78. The third-order valence-electron chi connectivity index (χ3n) is 2.69. The highest BCUT2D eigenvalue weighted by atomic mass is 35.5. The summed E-state index contributed by atoms with van der Waals surface area (Å²) in [6.07, 6.45) is 1.57. The van der Waals surface area contributed by atoms with Crippen LogP contribution in [0.25, 0.3) is 5.82 Å². The first-order valence-corrected chi connectivity index (χ1v) is 5.87. The van der Waals surface area contributed by atoms with Crippen molar-refractivity contribution in [1.82, 2.24) is 9.55 Å². The first kappa shape index (κ1) is 11.9. The van der Waals surface area contributed by atoms with Gasteiger partial charge in [-0.1, -0.05) is 0 Å². The standard InChI is InChI=1S/C13H13ClN2O/c1-9-3-4-10(2)16(9)13-6-5-11(8-15-13)12(17)7-14/h3-6,8H,7H2,1-2H3. The third kappa shape index (κ3) is 2.24. The van der Waals surface area contributed by atoms with Gasteiger partial charge in [0.2, 0.25) is 0 Å². The molecule has 0 spiro atoms. The molecule has 0 radical (unpaired) electrons. The van der Waals surface area contributed by atoms with Crippen LogP contribution in [0.5, 0.6) is 0 Å². The fraction of sp³-hybridized carbons (Fsp3) is 0.231. The fourth-order valence-electron chi connectivity index (χ4n) is 1.79. The Hall–Kier alpha value is -1.61. The van der Waals surface area contributed by atoms with Crippen LogP contribution in [0.4, 0.5) is 0 Å². The number of carbonyl (C=O) groups is 1. The van der Waals surface area contributed by atoms with E-state index >= 15 is 0 Å². The number of Topliss-reactive ketones (excluding diaryl/α,β-unsaturated/α-hetero) is 1. The van der Waals surface area contributed by atoms with Gasteiger partial charge < -0.3 is 4.57 Å². The summed E-state index contributed by atoms with van der Waals surface area (Å²) in [5, 5.41) is 0. The SMILES string of the molecule is Cc1ccc(C)n1-c1ccc(C(=O)CCl)cn1. The highest BCUT2D eigenvalue weighted by molar-refractivity contribution is 6.30. The lowest BCUT2D eigenvalue weighted by molar-refractivity contribution is 0.102. The van der Waals surface area contributed by atoms with Crippen molar-refractivity contribution in [3.63, 3.8) is 0 Å². The van der Waals surface area contributed by atoms with Crippen LogP contribution in [0, 0.1) is 13.8 Å². The van der Waals surface area contributed by atoms with Gasteiger partial charge >= 0.3 is 0 Å². The van der Waals surface area contributed by atoms with Gasteiger partial charge in [0.05, 0.1) is 5.88 Å². The van der Waals surface area contributed by atoms with E-state index in [0.717, 1.165) is 17.2 Å². The van der Waals surface area contributed by atoms with E-state index in [4.69, 9.17) is 11.6 Å². The lowest BCUT2D eigenvalue weighted by Gasteiger charge is -2.08. The van der Waals surface area contributed by atoms with Crippen LogP contribution in [-0.2, 0) is 0 Å². The van der Waals surface area contributed by atoms with Gasteiger partial charge in [0.1, 0.15) is 5.82 Å². The van der Waals surface area contributed by atoms with Crippen molar-refractivity contribution in [3.05, 3.63) is 47.4 Å². The quantitative estimate of drug-likeness (QED) is 0.618. The number of carbonyl (C=O) groups excluding carboxylic acids is 1. The fourth-order valence-corrected chi connectivity index (χ4v) is 1.94. The molecule has 0 aliphatic heterocycles. The molecule has 4 heteroatoms. The molecule has 0 bridgehead atoms. The van der Waals surface area contributed by atoms with E-state index in [1.807, 2.05) is 36.6 Å². The van der Waals surface area contributed by atoms with Gasteiger partial charge in [0.25, 0.3) is 0 Å². The topological polar surface area (TPSA) is 34.9 Å². The Labute approximate surface area is 105 Å². The van der Waals surface area contributed by atoms with Crippen LogP contribution in [0.3, 0.4) is 0 Å². The van der Waals surface area contributed by atoms with Gasteiger partial charge in [-0.05, 0) is 38.1 Å². The van der Waals surface area contributed by atoms with E-state index in [9.17, 15) is 4.79 Å². The number of ketones is 1. The number of alkyl halides is 1. The van der Waals surface area contributed by atoms with Crippen LogP contribution in [0.2, 0.25) is 0 Å². The average Bonchev–Trinajstić information content (AvgIpc) is 2.68. The number of rotatable bonds is 3. The van der Waals surface area contributed by atoms with Crippen LogP contribution < -0.4 is 0 Å². The Bertz CT molecular complexity index is 524. The molecule has 0 aliphatic carbocycles. The zero-order valence-corrected chi connectivity index (χ0v) is 10.5. The summed E-state index contributed by atoms with van der Waals surface area (Å²) in [6, 6.07) is 7.66. The molecule has 0 N–H and O–H groups in total. The van der Waals surface area contributed by atoms with Crippen LogP contribution in [0.1, 0.15) is 21.7 Å². The van der Waals surface area contributed by atoms with Crippen molar-refractivity contribution < 1.29 is 4.79 Å². The first-order chi connectivity index (χ1) is 8.13. The van der Waals surface area contributed by atoms with E-state index in [2.05, 4.69) is 4.98 Å². The number of aromatic nitrogens is 2. The largest absolute Gasteiger partial charge is 0.303 e. The number of nitrogens with zero attached hydrogens (tertiary/aromatic N) is 2. The molecule has 0 saturated heterocycles. The Morgan fingerprint density at radius 2 is 1.88 bits per heavy atom. The molecule has 0 aliphatic rings. The van der Waals surface area contributed by atoms with E-state index < -0.39 is 0 Å². The Morgan fingerprint density at radius 3 is 2.35 bits per heavy atom. The maximum Gasteiger partial charge on any atom is 0.179 e. The molecule has 88 valence electrons. The Morgan fingerprint density at radius 1 is 1.24 bits per heavy atom. The minimum atomic E-state index is -0.105. The molecule has 2 heterocycles. The second kappa shape index (κ2) is 4.72. The van der Waals surface area contributed by atoms with Gasteiger partial charge in [0.15, 0.2) is 5.78 Å². The smallest absolute Gasteiger partial charge is 0.179 e. The predicted octanol–water partition coefficient (Wildman–Crippen LogP) is 2.91. The van der Waals surface area contributed by atoms with Gasteiger partial charge in [-0.3, -0.25) is 4.79 Å². The van der Waals surface area contributed by atoms with Crippen molar-refractivity contribution in [2.24, 2.45) is 0 Å². The number of hydrogen-bond acceptors (Lipinski definition) is 2. The van der Waals surface area contributed by atoms with Crippen molar-refractivity contribution in [1.29, 1.82) is 0 Å². The molecule has 0 amide bonds. The summed E-state index contributed by atoms with van der Waals surface area (Å²) < 4.78 is 2.04. The summed E-state index contributed by atoms with van der Waals surface area (Å²) in [5.74, 6) is 0.700. The molecule has 2 aromatic rings. The maximum atomic E-state index is 11.4. The molecule has 0 aromatic carbocycles. The van der Waals surface area contributed by atoms with E-state index in [0.29, 0.717) is 5.56 Å². The van der Waals surface area contributed by atoms with Crippen molar-refractivity contribution in [3.8, 4) is 5.82 Å². The van der Waals surface area contributed by atoms with Crippen LogP contribution in [-0.4, -0.2) is 21.2 Å². The molecule has 0 unspecified atom stereocenters. The second-order valence-corrected chi connectivity index (χ2v) is 4.18. The molecule has 2 rings (SSSR count). The minimum Gasteiger partial charge on any atom is -0.303 e. The Kier molecular flexibility index (Phi) is 3.29. The van der Waals surface area contributed by atoms with Gasteiger partial charge in [0, 0.05) is 23.1 Å². The first-order valence-electron chi connectivity index (χ1n) is 5.34. The van der Waals surface area contributed by atoms with E-state index in [-0.39, 0.29) is 11.7 Å². The molecular formula is C13H13ClN2O. The summed E-state index contributed by atoms with van der Waals surface area (Å²) in [6.45, 7) is 4.04. The summed E-state index contributed by atoms with van der Waals surface area (Å²) in [7, 11) is 0. The van der Waals surface area contributed by atoms with Crippen LogP contribution in [0.15, 0.2) is 30.5 Å². The zero-order valence-electron chi connectivity index (χ0n) is 9.77. The monoisotopic (exact) mass is 248 g/mol.